The molecule has 116 valence electrons. The number of ketones is 1. The number of hydrogen-bond acceptors (Lipinski definition) is 2. The van der Waals surface area contributed by atoms with Gasteiger partial charge in [0.25, 0.3) is 0 Å². The Balaban J connectivity index is 1.90. The van der Waals surface area contributed by atoms with Gasteiger partial charge in [0.2, 0.25) is 0 Å². The molecule has 1 aromatic carbocycles. The molecule has 2 atom stereocenters. The Bertz CT molecular complexity index is 479. The van der Waals surface area contributed by atoms with E-state index in [1.54, 1.807) is 0 Å². The summed E-state index contributed by atoms with van der Waals surface area (Å²) < 4.78 is 40.0. The second-order valence-electron chi connectivity index (χ2n) is 5.62. The minimum atomic E-state index is -4.68. The Morgan fingerprint density at radius 3 is 2.43 bits per heavy atom. The normalized spacial score (nSPS) is 22.3. The van der Waals surface area contributed by atoms with Crippen LogP contribution < -0.4 is 4.74 Å². The molecule has 1 fully saturated rings. The zero-order valence-electron chi connectivity index (χ0n) is 12.0. The molecular formula is C16H19F3O2. The molecule has 1 aliphatic rings. The number of halogens is 3. The fraction of sp³-hybridized carbons (Fsp3) is 0.562. The van der Waals surface area contributed by atoms with Gasteiger partial charge in [0.05, 0.1) is 0 Å². The topological polar surface area (TPSA) is 26.3 Å². The maximum absolute atomic E-state index is 12.2. The van der Waals surface area contributed by atoms with Crippen molar-refractivity contribution in [2.24, 2.45) is 11.8 Å². The molecule has 0 radical (unpaired) electrons. The third-order valence-electron chi connectivity index (χ3n) is 4.11. The summed E-state index contributed by atoms with van der Waals surface area (Å²) in [7, 11) is 0. The summed E-state index contributed by atoms with van der Waals surface area (Å²) in [4.78, 5) is 12.2. The molecule has 1 aliphatic carbocycles. The van der Waals surface area contributed by atoms with Crippen molar-refractivity contribution in [1.82, 2.24) is 0 Å². The van der Waals surface area contributed by atoms with Gasteiger partial charge in [0.1, 0.15) is 11.5 Å². The zero-order valence-corrected chi connectivity index (χ0v) is 12.0. The van der Waals surface area contributed by atoms with Crippen LogP contribution in [0.3, 0.4) is 0 Å². The number of carbonyl (C=O) groups excluding carboxylic acids is 1. The Labute approximate surface area is 122 Å². The molecule has 21 heavy (non-hydrogen) atoms. The van der Waals surface area contributed by atoms with E-state index in [0.29, 0.717) is 5.92 Å². The molecule has 0 aliphatic heterocycles. The molecule has 1 saturated carbocycles. The highest BCUT2D eigenvalue weighted by Gasteiger charge is 2.31. The van der Waals surface area contributed by atoms with Crippen molar-refractivity contribution >= 4 is 5.78 Å². The highest BCUT2D eigenvalue weighted by atomic mass is 19.4. The largest absolute Gasteiger partial charge is 0.573 e. The Morgan fingerprint density at radius 1 is 1.24 bits per heavy atom. The average Bonchev–Trinajstić information content (AvgIpc) is 2.88. The fourth-order valence-corrected chi connectivity index (χ4v) is 2.89. The molecule has 5 heteroatoms. The minimum Gasteiger partial charge on any atom is -0.406 e. The highest BCUT2D eigenvalue weighted by Crippen LogP contribution is 2.34. The van der Waals surface area contributed by atoms with Crippen LogP contribution in [-0.4, -0.2) is 12.1 Å². The molecule has 0 aromatic heterocycles. The summed E-state index contributed by atoms with van der Waals surface area (Å²) in [5.74, 6) is 0.684. The van der Waals surface area contributed by atoms with Gasteiger partial charge in [-0.1, -0.05) is 25.5 Å². The van der Waals surface area contributed by atoms with Crippen molar-refractivity contribution in [3.8, 4) is 5.75 Å². The van der Waals surface area contributed by atoms with Crippen LogP contribution >= 0.6 is 0 Å². The monoisotopic (exact) mass is 300 g/mol. The molecule has 1 aromatic rings. The van der Waals surface area contributed by atoms with Gasteiger partial charge >= 0.3 is 6.36 Å². The lowest BCUT2D eigenvalue weighted by molar-refractivity contribution is -0.274. The zero-order chi connectivity index (χ0) is 15.5. The molecule has 0 amide bonds. The number of rotatable bonds is 5. The Morgan fingerprint density at radius 2 is 1.90 bits per heavy atom. The van der Waals surface area contributed by atoms with Crippen molar-refractivity contribution in [3.63, 3.8) is 0 Å². The predicted octanol–water partition coefficient (Wildman–Crippen LogP) is 4.52. The summed E-state index contributed by atoms with van der Waals surface area (Å²) >= 11 is 0. The first kappa shape index (κ1) is 15.9. The van der Waals surface area contributed by atoms with Crippen LogP contribution in [-0.2, 0) is 11.2 Å². The van der Waals surface area contributed by atoms with Crippen LogP contribution in [0.2, 0.25) is 0 Å². The van der Waals surface area contributed by atoms with E-state index in [0.717, 1.165) is 31.2 Å². The van der Waals surface area contributed by atoms with Crippen molar-refractivity contribution < 1.29 is 22.7 Å². The van der Waals surface area contributed by atoms with Crippen LogP contribution in [0.1, 0.15) is 38.2 Å². The van der Waals surface area contributed by atoms with Gasteiger partial charge in [-0.2, -0.15) is 0 Å². The number of benzene rings is 1. The number of alkyl halides is 3. The quantitative estimate of drug-likeness (QED) is 0.799. The molecular weight excluding hydrogens is 281 g/mol. The van der Waals surface area contributed by atoms with Crippen molar-refractivity contribution in [3.05, 3.63) is 29.8 Å². The fourth-order valence-electron chi connectivity index (χ4n) is 2.89. The van der Waals surface area contributed by atoms with Gasteiger partial charge < -0.3 is 4.74 Å². The van der Waals surface area contributed by atoms with E-state index in [9.17, 15) is 18.0 Å². The van der Waals surface area contributed by atoms with Gasteiger partial charge in [0, 0.05) is 12.3 Å². The lowest BCUT2D eigenvalue weighted by atomic mass is 9.95. The van der Waals surface area contributed by atoms with E-state index in [-0.39, 0.29) is 23.9 Å². The number of hydrogen-bond donors (Lipinski definition) is 0. The number of Topliss-reactive ketones (excluding diaryl/α,β-unsaturated/α-hetero) is 1. The van der Waals surface area contributed by atoms with Crippen molar-refractivity contribution in [2.45, 2.75) is 45.4 Å². The number of ether oxygens (including phenoxy) is 1. The third-order valence-corrected chi connectivity index (χ3v) is 4.11. The molecule has 0 spiro atoms. The van der Waals surface area contributed by atoms with Crippen LogP contribution in [0, 0.1) is 11.8 Å². The molecule has 2 unspecified atom stereocenters. The van der Waals surface area contributed by atoms with E-state index in [4.69, 9.17) is 0 Å². The molecule has 0 N–H and O–H groups in total. The minimum absolute atomic E-state index is 0.112. The van der Waals surface area contributed by atoms with Crippen molar-refractivity contribution in [1.29, 1.82) is 0 Å². The Hall–Kier alpha value is -1.52. The van der Waals surface area contributed by atoms with Gasteiger partial charge in [-0.05, 0) is 42.9 Å². The lowest BCUT2D eigenvalue weighted by Crippen LogP contribution is -2.17. The summed E-state index contributed by atoms with van der Waals surface area (Å²) in [6.45, 7) is 2.14. The first-order chi connectivity index (χ1) is 9.87. The van der Waals surface area contributed by atoms with Crippen LogP contribution in [0.25, 0.3) is 0 Å². The SMILES string of the molecule is CCC1CCC(C(=O)Cc2ccc(OC(F)(F)F)cc2)C1. The number of carbonyl (C=O) groups is 1. The predicted molar refractivity (Wildman–Crippen MR) is 73.0 cm³/mol. The van der Waals surface area contributed by atoms with E-state index in [1.807, 2.05) is 0 Å². The van der Waals surface area contributed by atoms with Gasteiger partial charge in [0.15, 0.2) is 0 Å². The van der Waals surface area contributed by atoms with E-state index in [1.165, 1.54) is 24.3 Å². The third kappa shape index (κ3) is 4.76. The van der Waals surface area contributed by atoms with Crippen LogP contribution in [0.4, 0.5) is 13.2 Å². The van der Waals surface area contributed by atoms with E-state index < -0.39 is 6.36 Å². The first-order valence-electron chi connectivity index (χ1n) is 7.24. The molecule has 0 bridgehead atoms. The summed E-state index contributed by atoms with van der Waals surface area (Å²) in [6.07, 6.45) is -0.306. The molecule has 0 heterocycles. The first-order valence-corrected chi connectivity index (χ1v) is 7.24. The average molecular weight is 300 g/mol. The van der Waals surface area contributed by atoms with Crippen LogP contribution in [0.15, 0.2) is 24.3 Å². The Kier molecular flexibility index (Phi) is 4.91. The maximum atomic E-state index is 12.2. The summed E-state index contributed by atoms with van der Waals surface area (Å²) in [5.41, 5.74) is 0.731. The highest BCUT2D eigenvalue weighted by molar-refractivity contribution is 5.83. The van der Waals surface area contributed by atoms with Gasteiger partial charge in [-0.25, -0.2) is 0 Å². The standard InChI is InChI=1S/C16H19F3O2/c1-2-11-3-6-13(9-11)15(20)10-12-4-7-14(8-5-12)21-16(17,18)19/h4-5,7-8,11,13H,2-3,6,9-10H2,1H3. The molecule has 2 nitrogen and oxygen atoms in total. The van der Waals surface area contributed by atoms with Crippen LogP contribution in [0.5, 0.6) is 5.75 Å². The maximum Gasteiger partial charge on any atom is 0.573 e. The summed E-state index contributed by atoms with van der Waals surface area (Å²) in [5, 5.41) is 0. The van der Waals surface area contributed by atoms with E-state index >= 15 is 0 Å². The lowest BCUT2D eigenvalue weighted by Gasteiger charge is -2.11. The second kappa shape index (κ2) is 6.50. The van der Waals surface area contributed by atoms with Crippen molar-refractivity contribution in [2.75, 3.05) is 0 Å². The molecule has 0 saturated heterocycles. The van der Waals surface area contributed by atoms with Gasteiger partial charge in [-0.3, -0.25) is 4.79 Å². The summed E-state index contributed by atoms with van der Waals surface area (Å²) in [6, 6.07) is 5.54. The van der Waals surface area contributed by atoms with E-state index in [2.05, 4.69) is 11.7 Å². The smallest absolute Gasteiger partial charge is 0.406 e. The second-order valence-corrected chi connectivity index (χ2v) is 5.62. The molecule has 2 rings (SSSR count). The van der Waals surface area contributed by atoms with Gasteiger partial charge in [-0.15, -0.1) is 13.2 Å².